The van der Waals surface area contributed by atoms with Crippen molar-refractivity contribution in [2.45, 2.75) is 27.7 Å². The highest BCUT2D eigenvalue weighted by molar-refractivity contribution is 7.17. The van der Waals surface area contributed by atoms with E-state index in [0.717, 1.165) is 27.1 Å². The molecule has 0 unspecified atom stereocenters. The number of anilines is 1. The molecule has 0 fully saturated rings. The van der Waals surface area contributed by atoms with E-state index in [2.05, 4.69) is 5.32 Å². The largest absolute Gasteiger partial charge is 0.484 e. The summed E-state index contributed by atoms with van der Waals surface area (Å²) < 4.78 is 10.6. The minimum atomic E-state index is -0.484. The van der Waals surface area contributed by atoms with Crippen molar-refractivity contribution in [1.29, 1.82) is 0 Å². The lowest BCUT2D eigenvalue weighted by atomic mass is 9.97. The number of nitrogens with one attached hydrogen (secondary N) is 1. The fourth-order valence-corrected chi connectivity index (χ4v) is 4.20. The lowest BCUT2D eigenvalue weighted by molar-refractivity contribution is -0.118. The van der Waals surface area contributed by atoms with Crippen molar-refractivity contribution in [3.8, 4) is 16.9 Å². The number of carbonyl (C=O) groups is 2. The van der Waals surface area contributed by atoms with Crippen molar-refractivity contribution in [3.63, 3.8) is 0 Å². The summed E-state index contributed by atoms with van der Waals surface area (Å²) in [5, 5.41) is 3.28. The molecular formula is C24H25NO4S. The maximum absolute atomic E-state index is 12.6. The van der Waals surface area contributed by atoms with E-state index >= 15 is 0 Å². The zero-order chi connectivity index (χ0) is 21.8. The van der Waals surface area contributed by atoms with Gasteiger partial charge in [-0.15, -0.1) is 11.3 Å². The van der Waals surface area contributed by atoms with Crippen LogP contribution in [0, 0.1) is 27.7 Å². The van der Waals surface area contributed by atoms with Gasteiger partial charge in [0.25, 0.3) is 5.91 Å². The van der Waals surface area contributed by atoms with E-state index in [4.69, 9.17) is 9.47 Å². The van der Waals surface area contributed by atoms with Crippen LogP contribution in [0.5, 0.6) is 5.75 Å². The molecule has 0 atom stereocenters. The second-order valence-electron chi connectivity index (χ2n) is 7.18. The Hall–Kier alpha value is -3.12. The fraction of sp³-hybridized carbons (Fsp3) is 0.250. The number of rotatable bonds is 6. The maximum atomic E-state index is 12.6. The average Bonchev–Trinajstić information content (AvgIpc) is 3.04. The van der Waals surface area contributed by atoms with Crippen molar-refractivity contribution < 1.29 is 19.1 Å². The van der Waals surface area contributed by atoms with Gasteiger partial charge >= 0.3 is 5.97 Å². The summed E-state index contributed by atoms with van der Waals surface area (Å²) in [5.74, 6) is -0.210. The zero-order valence-corrected chi connectivity index (χ0v) is 18.6. The number of esters is 1. The lowest BCUT2D eigenvalue weighted by Gasteiger charge is -2.10. The first-order valence-electron chi connectivity index (χ1n) is 9.58. The molecule has 0 spiro atoms. The summed E-state index contributed by atoms with van der Waals surface area (Å²) in [4.78, 5) is 26.0. The lowest BCUT2D eigenvalue weighted by Crippen LogP contribution is -2.21. The molecule has 0 saturated heterocycles. The highest BCUT2D eigenvalue weighted by atomic mass is 32.1. The molecule has 3 rings (SSSR count). The summed E-state index contributed by atoms with van der Waals surface area (Å²) in [7, 11) is 1.34. The second-order valence-corrected chi connectivity index (χ2v) is 8.40. The Labute approximate surface area is 180 Å². The topological polar surface area (TPSA) is 64.6 Å². The van der Waals surface area contributed by atoms with Crippen LogP contribution in [0.3, 0.4) is 0 Å². The van der Waals surface area contributed by atoms with Gasteiger partial charge in [0.2, 0.25) is 0 Å². The van der Waals surface area contributed by atoms with Crippen molar-refractivity contribution in [2.75, 3.05) is 19.0 Å². The monoisotopic (exact) mass is 423 g/mol. The van der Waals surface area contributed by atoms with Gasteiger partial charge in [0.15, 0.2) is 6.61 Å². The van der Waals surface area contributed by atoms with E-state index in [1.165, 1.54) is 24.0 Å². The SMILES string of the molecule is COC(=O)c1c(NC(=O)COc2ccc(C)cc2)sc(C)c1-c1ccc(C)c(C)c1. The molecule has 0 aliphatic heterocycles. The Morgan fingerprint density at radius 1 is 0.967 bits per heavy atom. The van der Waals surface area contributed by atoms with E-state index in [1.54, 1.807) is 0 Å². The molecule has 6 heteroatoms. The van der Waals surface area contributed by atoms with Crippen molar-refractivity contribution in [3.05, 3.63) is 69.6 Å². The molecule has 0 aliphatic carbocycles. The van der Waals surface area contributed by atoms with E-state index in [1.807, 2.05) is 70.2 Å². The van der Waals surface area contributed by atoms with Gasteiger partial charge in [-0.1, -0.05) is 35.9 Å². The van der Waals surface area contributed by atoms with Crippen LogP contribution >= 0.6 is 11.3 Å². The van der Waals surface area contributed by atoms with Gasteiger partial charge in [0.05, 0.1) is 7.11 Å². The Morgan fingerprint density at radius 3 is 2.30 bits per heavy atom. The number of thiophene rings is 1. The summed E-state index contributed by atoms with van der Waals surface area (Å²) in [6.45, 7) is 7.83. The van der Waals surface area contributed by atoms with Crippen LogP contribution in [0.2, 0.25) is 0 Å². The minimum Gasteiger partial charge on any atom is -0.484 e. The Balaban J connectivity index is 1.87. The standard InChI is InChI=1S/C24H25NO4S/c1-14-6-10-19(11-7-14)29-13-20(26)25-23-22(24(27)28-5)21(17(4)30-23)18-9-8-15(2)16(3)12-18/h6-12H,13H2,1-5H3,(H,25,26). The Morgan fingerprint density at radius 2 is 1.67 bits per heavy atom. The molecule has 156 valence electrons. The van der Waals surface area contributed by atoms with Crippen molar-refractivity contribution in [1.82, 2.24) is 0 Å². The van der Waals surface area contributed by atoms with Gasteiger partial charge in [-0.2, -0.15) is 0 Å². The quantitative estimate of drug-likeness (QED) is 0.535. The Bertz CT molecular complexity index is 1080. The summed E-state index contributed by atoms with van der Waals surface area (Å²) in [6, 6.07) is 13.5. The van der Waals surface area contributed by atoms with E-state index < -0.39 is 5.97 Å². The van der Waals surface area contributed by atoms with E-state index in [0.29, 0.717) is 16.3 Å². The van der Waals surface area contributed by atoms with Crippen molar-refractivity contribution in [2.24, 2.45) is 0 Å². The first-order valence-corrected chi connectivity index (χ1v) is 10.4. The number of hydrogen-bond acceptors (Lipinski definition) is 5. The molecule has 1 N–H and O–H groups in total. The summed E-state index contributed by atoms with van der Waals surface area (Å²) in [5.41, 5.74) is 5.49. The molecule has 3 aromatic rings. The van der Waals surface area contributed by atoms with Crippen LogP contribution in [0.4, 0.5) is 5.00 Å². The predicted molar refractivity (Wildman–Crippen MR) is 121 cm³/mol. The first kappa shape index (κ1) is 21.6. The molecule has 0 radical (unpaired) electrons. The van der Waals surface area contributed by atoms with Gasteiger partial charge < -0.3 is 14.8 Å². The normalized spacial score (nSPS) is 10.6. The number of benzene rings is 2. The number of hydrogen-bond donors (Lipinski definition) is 1. The number of methoxy groups -OCH3 is 1. The first-order chi connectivity index (χ1) is 14.3. The highest BCUT2D eigenvalue weighted by Crippen LogP contribution is 2.40. The van der Waals surface area contributed by atoms with Crippen LogP contribution in [0.1, 0.15) is 31.9 Å². The van der Waals surface area contributed by atoms with Gasteiger partial charge in [-0.3, -0.25) is 4.79 Å². The molecule has 0 bridgehead atoms. The van der Waals surface area contributed by atoms with Gasteiger partial charge in [0, 0.05) is 10.4 Å². The number of carbonyl (C=O) groups excluding carboxylic acids is 2. The Kier molecular flexibility index (Phi) is 6.57. The summed E-state index contributed by atoms with van der Waals surface area (Å²) in [6.07, 6.45) is 0. The van der Waals surface area contributed by atoms with Crippen molar-refractivity contribution >= 4 is 28.2 Å². The molecule has 30 heavy (non-hydrogen) atoms. The summed E-state index contributed by atoms with van der Waals surface area (Å²) >= 11 is 1.35. The second kappa shape index (κ2) is 9.13. The number of aryl methyl sites for hydroxylation is 4. The third-order valence-corrected chi connectivity index (χ3v) is 5.93. The number of ether oxygens (including phenoxy) is 2. The van der Waals surface area contributed by atoms with Crippen LogP contribution in [-0.2, 0) is 9.53 Å². The van der Waals surface area contributed by atoms with E-state index in [-0.39, 0.29) is 12.5 Å². The molecule has 5 nitrogen and oxygen atoms in total. The molecule has 0 saturated carbocycles. The molecule has 2 aromatic carbocycles. The highest BCUT2D eigenvalue weighted by Gasteiger charge is 2.25. The molecule has 1 aromatic heterocycles. The third kappa shape index (κ3) is 4.71. The third-order valence-electron chi connectivity index (χ3n) is 4.91. The molecule has 1 heterocycles. The molecule has 0 aliphatic rings. The van der Waals surface area contributed by atoms with Gasteiger partial charge in [0.1, 0.15) is 16.3 Å². The van der Waals surface area contributed by atoms with E-state index in [9.17, 15) is 9.59 Å². The van der Waals surface area contributed by atoms with Crippen LogP contribution in [0.15, 0.2) is 42.5 Å². The van der Waals surface area contributed by atoms with Gasteiger partial charge in [-0.25, -0.2) is 4.79 Å². The average molecular weight is 424 g/mol. The van der Waals surface area contributed by atoms with Gasteiger partial charge in [-0.05, 0) is 56.5 Å². The van der Waals surface area contributed by atoms with Crippen LogP contribution < -0.4 is 10.1 Å². The number of amides is 1. The van der Waals surface area contributed by atoms with Crippen LogP contribution in [0.25, 0.3) is 11.1 Å². The zero-order valence-electron chi connectivity index (χ0n) is 17.8. The van der Waals surface area contributed by atoms with Crippen LogP contribution in [-0.4, -0.2) is 25.6 Å². The molecular weight excluding hydrogens is 398 g/mol. The smallest absolute Gasteiger partial charge is 0.341 e. The minimum absolute atomic E-state index is 0.153. The predicted octanol–water partition coefficient (Wildman–Crippen LogP) is 5.45. The fourth-order valence-electron chi connectivity index (χ4n) is 3.12. The maximum Gasteiger partial charge on any atom is 0.341 e. The molecule has 1 amide bonds.